The maximum absolute atomic E-state index is 9.14. The molecule has 0 amide bonds. The van der Waals surface area contributed by atoms with Gasteiger partial charge in [0.15, 0.2) is 0 Å². The van der Waals surface area contributed by atoms with Crippen LogP contribution in [0, 0.1) is 11.8 Å². The van der Waals surface area contributed by atoms with E-state index in [-0.39, 0.29) is 6.10 Å². The Morgan fingerprint density at radius 1 is 1.20 bits per heavy atom. The standard InChI is InChI=1S/C9H18O/c1-6(2)7(3)8(4)9(5)10/h6-7,9-10H,4H2,1-3,5H3. The van der Waals surface area contributed by atoms with E-state index >= 15 is 0 Å². The average molecular weight is 142 g/mol. The first-order valence-corrected chi connectivity index (χ1v) is 3.83. The molecule has 0 saturated heterocycles. The lowest BCUT2D eigenvalue weighted by molar-refractivity contribution is 0.211. The number of aliphatic hydroxyl groups excluding tert-OH is 1. The highest BCUT2D eigenvalue weighted by Gasteiger charge is 2.13. The van der Waals surface area contributed by atoms with Crippen molar-refractivity contribution in [3.63, 3.8) is 0 Å². The second-order valence-electron chi connectivity index (χ2n) is 3.28. The number of aliphatic hydroxyl groups is 1. The van der Waals surface area contributed by atoms with Crippen LogP contribution in [-0.4, -0.2) is 11.2 Å². The lowest BCUT2D eigenvalue weighted by Gasteiger charge is -2.20. The third kappa shape index (κ3) is 2.53. The molecule has 0 aliphatic carbocycles. The summed E-state index contributed by atoms with van der Waals surface area (Å²) in [6.07, 6.45) is -0.364. The molecular formula is C9H18O. The van der Waals surface area contributed by atoms with Gasteiger partial charge < -0.3 is 5.11 Å². The fourth-order valence-corrected chi connectivity index (χ4v) is 0.809. The zero-order valence-corrected chi connectivity index (χ0v) is 7.39. The van der Waals surface area contributed by atoms with E-state index in [1.54, 1.807) is 6.92 Å². The van der Waals surface area contributed by atoms with E-state index in [0.29, 0.717) is 11.8 Å². The first-order chi connectivity index (χ1) is 4.46. The molecule has 2 unspecified atom stereocenters. The molecule has 0 spiro atoms. The molecule has 1 N–H and O–H groups in total. The first-order valence-electron chi connectivity index (χ1n) is 3.83. The molecule has 0 bridgehead atoms. The van der Waals surface area contributed by atoms with E-state index in [4.69, 9.17) is 5.11 Å². The number of hydrogen-bond donors (Lipinski definition) is 1. The lowest BCUT2D eigenvalue weighted by Crippen LogP contribution is -2.15. The average Bonchev–Trinajstić information content (AvgIpc) is 1.84. The summed E-state index contributed by atoms with van der Waals surface area (Å²) >= 11 is 0. The predicted molar refractivity (Wildman–Crippen MR) is 44.8 cm³/mol. The Morgan fingerprint density at radius 2 is 1.60 bits per heavy atom. The van der Waals surface area contributed by atoms with Crippen molar-refractivity contribution in [2.45, 2.75) is 33.8 Å². The molecule has 0 aromatic carbocycles. The fraction of sp³-hybridized carbons (Fsp3) is 0.778. The molecule has 10 heavy (non-hydrogen) atoms. The van der Waals surface area contributed by atoms with Crippen molar-refractivity contribution in [2.24, 2.45) is 11.8 Å². The van der Waals surface area contributed by atoms with Gasteiger partial charge in [0, 0.05) is 0 Å². The Hall–Kier alpha value is -0.300. The van der Waals surface area contributed by atoms with Crippen LogP contribution in [0.15, 0.2) is 12.2 Å². The summed E-state index contributed by atoms with van der Waals surface area (Å²) in [4.78, 5) is 0. The highest BCUT2D eigenvalue weighted by molar-refractivity contribution is 5.04. The van der Waals surface area contributed by atoms with Gasteiger partial charge in [-0.25, -0.2) is 0 Å². The molecule has 0 heterocycles. The minimum atomic E-state index is -0.364. The number of rotatable bonds is 3. The summed E-state index contributed by atoms with van der Waals surface area (Å²) in [6, 6.07) is 0. The Bertz CT molecular complexity index is 114. The molecule has 0 aliphatic heterocycles. The van der Waals surface area contributed by atoms with Crippen LogP contribution in [0.4, 0.5) is 0 Å². The van der Waals surface area contributed by atoms with E-state index in [1.165, 1.54) is 0 Å². The van der Waals surface area contributed by atoms with Gasteiger partial charge in [-0.05, 0) is 24.3 Å². The summed E-state index contributed by atoms with van der Waals surface area (Å²) in [7, 11) is 0. The topological polar surface area (TPSA) is 20.2 Å². The summed E-state index contributed by atoms with van der Waals surface area (Å²) in [5.74, 6) is 0.988. The highest BCUT2D eigenvalue weighted by atomic mass is 16.3. The van der Waals surface area contributed by atoms with Crippen LogP contribution in [0.25, 0.3) is 0 Å². The molecule has 2 atom stereocenters. The second kappa shape index (κ2) is 3.77. The van der Waals surface area contributed by atoms with Crippen molar-refractivity contribution >= 4 is 0 Å². The third-order valence-electron chi connectivity index (χ3n) is 2.12. The second-order valence-corrected chi connectivity index (χ2v) is 3.28. The van der Waals surface area contributed by atoms with Crippen molar-refractivity contribution in [2.75, 3.05) is 0 Å². The molecule has 0 radical (unpaired) electrons. The van der Waals surface area contributed by atoms with Crippen LogP contribution in [0.3, 0.4) is 0 Å². The molecule has 0 aromatic rings. The van der Waals surface area contributed by atoms with Gasteiger partial charge in [-0.3, -0.25) is 0 Å². The zero-order valence-electron chi connectivity index (χ0n) is 7.39. The SMILES string of the molecule is C=C(C(C)O)C(C)C(C)C. The Morgan fingerprint density at radius 3 is 1.70 bits per heavy atom. The van der Waals surface area contributed by atoms with E-state index in [1.807, 2.05) is 0 Å². The van der Waals surface area contributed by atoms with E-state index in [0.717, 1.165) is 5.57 Å². The number of hydrogen-bond acceptors (Lipinski definition) is 1. The summed E-state index contributed by atoms with van der Waals surface area (Å²) in [6.45, 7) is 12.0. The Balaban J connectivity index is 3.95. The van der Waals surface area contributed by atoms with Crippen LogP contribution in [0.2, 0.25) is 0 Å². The first kappa shape index (κ1) is 9.70. The molecule has 0 aliphatic rings. The molecule has 1 nitrogen and oxygen atoms in total. The minimum absolute atomic E-state index is 0.364. The maximum atomic E-state index is 9.14. The Labute approximate surface area is 63.8 Å². The van der Waals surface area contributed by atoms with Crippen molar-refractivity contribution in [3.8, 4) is 0 Å². The largest absolute Gasteiger partial charge is 0.389 e. The summed E-state index contributed by atoms with van der Waals surface area (Å²) in [5, 5.41) is 9.14. The van der Waals surface area contributed by atoms with Gasteiger partial charge in [0.2, 0.25) is 0 Å². The predicted octanol–water partition coefficient (Wildman–Crippen LogP) is 2.22. The highest BCUT2D eigenvalue weighted by Crippen LogP contribution is 2.20. The van der Waals surface area contributed by atoms with E-state index < -0.39 is 0 Å². The monoisotopic (exact) mass is 142 g/mol. The third-order valence-corrected chi connectivity index (χ3v) is 2.12. The minimum Gasteiger partial charge on any atom is -0.389 e. The molecule has 60 valence electrons. The van der Waals surface area contributed by atoms with Gasteiger partial charge in [0.25, 0.3) is 0 Å². The van der Waals surface area contributed by atoms with Crippen molar-refractivity contribution in [1.29, 1.82) is 0 Å². The van der Waals surface area contributed by atoms with Gasteiger partial charge in [-0.15, -0.1) is 0 Å². The van der Waals surface area contributed by atoms with Gasteiger partial charge >= 0.3 is 0 Å². The van der Waals surface area contributed by atoms with Gasteiger partial charge in [0.05, 0.1) is 6.10 Å². The molecular weight excluding hydrogens is 124 g/mol. The van der Waals surface area contributed by atoms with Crippen LogP contribution >= 0.6 is 0 Å². The lowest BCUT2D eigenvalue weighted by atomic mass is 9.88. The fourth-order valence-electron chi connectivity index (χ4n) is 0.809. The molecule has 0 aromatic heterocycles. The maximum Gasteiger partial charge on any atom is 0.0722 e. The van der Waals surface area contributed by atoms with Crippen LogP contribution < -0.4 is 0 Å². The van der Waals surface area contributed by atoms with Gasteiger partial charge in [0.1, 0.15) is 0 Å². The summed E-state index contributed by atoms with van der Waals surface area (Å²) in [5.41, 5.74) is 0.940. The van der Waals surface area contributed by atoms with E-state index in [9.17, 15) is 0 Å². The Kier molecular flexibility index (Phi) is 3.66. The van der Waals surface area contributed by atoms with Gasteiger partial charge in [-0.2, -0.15) is 0 Å². The normalized spacial score (nSPS) is 17.0. The quantitative estimate of drug-likeness (QED) is 0.599. The zero-order chi connectivity index (χ0) is 8.31. The van der Waals surface area contributed by atoms with Crippen LogP contribution in [0.1, 0.15) is 27.7 Å². The van der Waals surface area contributed by atoms with Gasteiger partial charge in [-0.1, -0.05) is 27.4 Å². The van der Waals surface area contributed by atoms with E-state index in [2.05, 4.69) is 27.4 Å². The van der Waals surface area contributed by atoms with Crippen molar-refractivity contribution < 1.29 is 5.11 Å². The van der Waals surface area contributed by atoms with Crippen molar-refractivity contribution in [3.05, 3.63) is 12.2 Å². The molecule has 1 heteroatoms. The van der Waals surface area contributed by atoms with Crippen molar-refractivity contribution in [1.82, 2.24) is 0 Å². The molecule has 0 saturated carbocycles. The smallest absolute Gasteiger partial charge is 0.0722 e. The van der Waals surface area contributed by atoms with Crippen LogP contribution in [-0.2, 0) is 0 Å². The molecule has 0 fully saturated rings. The molecule has 0 rings (SSSR count). The van der Waals surface area contributed by atoms with Crippen LogP contribution in [0.5, 0.6) is 0 Å². The summed E-state index contributed by atoms with van der Waals surface area (Å²) < 4.78 is 0.